The van der Waals surface area contributed by atoms with Gasteiger partial charge in [0, 0.05) is 44.0 Å². The van der Waals surface area contributed by atoms with Crippen molar-refractivity contribution in [1.29, 1.82) is 0 Å². The minimum atomic E-state index is -0.979. The van der Waals surface area contributed by atoms with Crippen molar-refractivity contribution in [3.8, 4) is 22.3 Å². The number of aryl methyl sites for hydroxylation is 4. The topological polar surface area (TPSA) is 189 Å². The number of hydrogen-bond donors (Lipinski definition) is 3. The molecule has 2 heterocycles. The van der Waals surface area contributed by atoms with Crippen LogP contribution in [0.2, 0.25) is 10.0 Å². The fourth-order valence-electron chi connectivity index (χ4n) is 6.39. The van der Waals surface area contributed by atoms with E-state index in [0.29, 0.717) is 39.3 Å². The minimum absolute atomic E-state index is 0. The van der Waals surface area contributed by atoms with Gasteiger partial charge in [-0.05, 0) is 90.0 Å². The molecule has 64 heavy (non-hydrogen) atoms. The number of carbonyl (C=O) groups is 4. The molecule has 6 aromatic rings. The number of esters is 2. The number of aromatic carboxylic acids is 1. The van der Waals surface area contributed by atoms with Gasteiger partial charge in [-0.3, -0.25) is 19.2 Å². The molecule has 1 amide bonds. The fraction of sp³-hybridized carbons (Fsp3) is 0.208. The van der Waals surface area contributed by atoms with E-state index in [0.717, 1.165) is 22.3 Å². The third kappa shape index (κ3) is 13.7. The number of amides is 1. The van der Waals surface area contributed by atoms with Crippen LogP contribution in [0.1, 0.15) is 43.0 Å². The Morgan fingerprint density at radius 3 is 1.45 bits per heavy atom. The average molecular weight is 932 g/mol. The highest BCUT2D eigenvalue weighted by Gasteiger charge is 2.25. The minimum Gasteiger partial charge on any atom is -0.478 e. The molecule has 0 bridgehead atoms. The molecule has 13 nitrogen and oxygen atoms in total. The number of ether oxygens (including phenoxy) is 2. The summed E-state index contributed by atoms with van der Waals surface area (Å²) in [6.45, 7) is 3.50. The highest BCUT2D eigenvalue weighted by atomic mass is 35.5. The van der Waals surface area contributed by atoms with Crippen LogP contribution >= 0.6 is 35.6 Å². The predicted octanol–water partition coefficient (Wildman–Crippen LogP) is 7.39. The summed E-state index contributed by atoms with van der Waals surface area (Å²) in [5.41, 5.74) is 12.1. The number of nitrogens with two attached hydrogens (primary N) is 1. The number of carboxylic acids is 1. The van der Waals surface area contributed by atoms with Gasteiger partial charge >= 0.3 is 17.9 Å². The average Bonchev–Trinajstić information content (AvgIpc) is 3.25. The Morgan fingerprint density at radius 2 is 1.06 bits per heavy atom. The van der Waals surface area contributed by atoms with Gasteiger partial charge in [0.1, 0.15) is 12.1 Å². The Labute approximate surface area is 386 Å². The van der Waals surface area contributed by atoms with E-state index in [-0.39, 0.29) is 40.5 Å². The summed E-state index contributed by atoms with van der Waals surface area (Å²) in [6, 6.07) is 30.5. The van der Waals surface area contributed by atoms with E-state index >= 15 is 0 Å². The summed E-state index contributed by atoms with van der Waals surface area (Å²) in [5, 5.41) is 12.0. The highest BCUT2D eigenvalue weighted by molar-refractivity contribution is 6.34. The zero-order valence-corrected chi connectivity index (χ0v) is 38.3. The smallest absolute Gasteiger partial charge is 0.337 e. The largest absolute Gasteiger partial charge is 0.478 e. The first-order valence-electron chi connectivity index (χ1n) is 19.4. The first-order chi connectivity index (χ1) is 30.0. The summed E-state index contributed by atoms with van der Waals surface area (Å²) in [7, 11) is 6.01. The Kier molecular flexibility index (Phi) is 19.7. The van der Waals surface area contributed by atoms with Crippen molar-refractivity contribution in [3.63, 3.8) is 0 Å². The predicted molar refractivity (Wildman–Crippen MR) is 251 cm³/mol. The molecule has 6 rings (SSSR count). The first kappa shape index (κ1) is 51.8. The Balaban J connectivity index is 0.000000284. The van der Waals surface area contributed by atoms with Gasteiger partial charge in [-0.2, -0.15) is 0 Å². The summed E-state index contributed by atoms with van der Waals surface area (Å²) in [5.74, 6) is -2.41. The maximum Gasteiger partial charge on any atom is 0.337 e. The quantitative estimate of drug-likeness (QED) is 0.111. The Hall–Kier alpha value is -6.51. The van der Waals surface area contributed by atoms with Crippen LogP contribution in [0.15, 0.2) is 131 Å². The molecule has 2 unspecified atom stereocenters. The van der Waals surface area contributed by atoms with Crippen molar-refractivity contribution in [3.05, 3.63) is 186 Å². The van der Waals surface area contributed by atoms with Crippen molar-refractivity contribution in [1.82, 2.24) is 14.5 Å². The van der Waals surface area contributed by atoms with Crippen LogP contribution in [0.4, 0.5) is 0 Å². The van der Waals surface area contributed by atoms with Gasteiger partial charge in [0.25, 0.3) is 17.0 Å². The van der Waals surface area contributed by atoms with Crippen LogP contribution < -0.4 is 22.2 Å². The van der Waals surface area contributed by atoms with Gasteiger partial charge < -0.3 is 34.8 Å². The molecular formula is C48H49Cl3N4O9. The molecule has 0 saturated carbocycles. The van der Waals surface area contributed by atoms with Crippen LogP contribution in [0.5, 0.6) is 0 Å². The monoisotopic (exact) mass is 930 g/mol. The zero-order valence-electron chi connectivity index (χ0n) is 36.0. The second kappa shape index (κ2) is 24.4. The third-order valence-electron chi connectivity index (χ3n) is 9.85. The van der Waals surface area contributed by atoms with Crippen molar-refractivity contribution in [2.75, 3.05) is 14.2 Å². The molecule has 0 aliphatic carbocycles. The number of pyridine rings is 2. The number of carbonyl (C=O) groups excluding carboxylic acids is 3. The second-order valence-electron chi connectivity index (χ2n) is 14.3. The van der Waals surface area contributed by atoms with E-state index in [1.807, 2.05) is 60.7 Å². The van der Waals surface area contributed by atoms with Crippen LogP contribution in [-0.4, -0.2) is 64.4 Å². The van der Waals surface area contributed by atoms with Crippen molar-refractivity contribution in [2.24, 2.45) is 19.8 Å². The van der Waals surface area contributed by atoms with Gasteiger partial charge in [0.15, 0.2) is 0 Å². The molecule has 0 radical (unpaired) electrons. The Bertz CT molecular complexity index is 2660. The lowest BCUT2D eigenvalue weighted by molar-refractivity contribution is -0.143. The number of halogens is 3. The lowest BCUT2D eigenvalue weighted by Crippen LogP contribution is -2.43. The zero-order chi connectivity index (χ0) is 46.4. The van der Waals surface area contributed by atoms with E-state index in [2.05, 4.69) is 10.1 Å². The molecule has 16 heteroatoms. The SMILES string of the molecule is COC(=O)C(Cc1ccc(-c2cccn(C)c2=O)cc1)NC(=O)c1c(C)cccc1Cl.COC(=O)C(N)Cc1ccc(-c2cccn(C)c2=O)cc1.Cc1cccc(Cl)c1C(=O)O.Cl. The number of nitrogens with zero attached hydrogens (tertiary/aromatic N) is 2. The highest BCUT2D eigenvalue weighted by Crippen LogP contribution is 2.22. The van der Waals surface area contributed by atoms with Crippen LogP contribution in [-0.2, 0) is 46.0 Å². The van der Waals surface area contributed by atoms with E-state index in [9.17, 15) is 28.8 Å². The Morgan fingerprint density at radius 1 is 0.641 bits per heavy atom. The van der Waals surface area contributed by atoms with Gasteiger partial charge in [-0.15, -0.1) is 12.4 Å². The lowest BCUT2D eigenvalue weighted by atomic mass is 10.0. The van der Waals surface area contributed by atoms with Crippen LogP contribution in [0.3, 0.4) is 0 Å². The van der Waals surface area contributed by atoms with E-state index in [1.165, 1.54) is 23.4 Å². The number of methoxy groups -OCH3 is 2. The summed E-state index contributed by atoms with van der Waals surface area (Å²) in [6.07, 6.45) is 4.05. The van der Waals surface area contributed by atoms with Crippen LogP contribution in [0, 0.1) is 13.8 Å². The fourth-order valence-corrected chi connectivity index (χ4v) is 7.00. The number of rotatable bonds is 11. The van der Waals surface area contributed by atoms with Gasteiger partial charge in [0.05, 0.1) is 35.4 Å². The van der Waals surface area contributed by atoms with Crippen LogP contribution in [0.25, 0.3) is 22.3 Å². The van der Waals surface area contributed by atoms with Gasteiger partial charge in [0.2, 0.25) is 0 Å². The standard InChI is InChI=1S/C24H23ClN2O4.C16H18N2O3.C8H7ClO2.ClH/c1-15-6-4-8-19(25)21(15)22(28)26-20(24(30)31-3)14-16-9-11-17(12-10-16)18-7-5-13-27(2)23(18)29;1-18-9-3-4-13(15(18)19)12-7-5-11(6-8-12)10-14(17)16(20)21-2;1-5-3-2-4-6(9)7(5)8(10)11;/h4-13,20H,14H2,1-3H3,(H,26,28);3-9,14H,10,17H2,1-2H3;2-4H,1H3,(H,10,11);1H. The van der Waals surface area contributed by atoms with Crippen molar-refractivity contribution >= 4 is 59.4 Å². The van der Waals surface area contributed by atoms with E-state index in [4.69, 9.17) is 38.8 Å². The summed E-state index contributed by atoms with van der Waals surface area (Å²) in [4.78, 5) is 71.3. The summed E-state index contributed by atoms with van der Waals surface area (Å²) < 4.78 is 12.5. The molecule has 0 saturated heterocycles. The number of carboxylic acid groups (broad SMARTS) is 1. The van der Waals surface area contributed by atoms with Crippen molar-refractivity contribution in [2.45, 2.75) is 38.8 Å². The van der Waals surface area contributed by atoms with Crippen molar-refractivity contribution < 1.29 is 33.8 Å². The lowest BCUT2D eigenvalue weighted by Gasteiger charge is -2.18. The molecule has 0 fully saturated rings. The normalized spacial score (nSPS) is 11.2. The third-order valence-corrected chi connectivity index (χ3v) is 10.5. The molecule has 0 spiro atoms. The van der Waals surface area contributed by atoms with Gasteiger partial charge in [-0.1, -0.05) is 96.0 Å². The van der Waals surface area contributed by atoms with E-state index < -0.39 is 35.9 Å². The molecular weight excluding hydrogens is 883 g/mol. The molecule has 0 aliphatic rings. The maximum absolute atomic E-state index is 12.8. The molecule has 4 N–H and O–H groups in total. The number of benzene rings is 4. The number of aromatic nitrogens is 2. The molecule has 2 aromatic heterocycles. The molecule has 2 atom stereocenters. The molecule has 336 valence electrons. The number of nitrogens with one attached hydrogen (secondary N) is 1. The molecule has 0 aliphatic heterocycles. The van der Waals surface area contributed by atoms with Gasteiger partial charge in [-0.25, -0.2) is 9.59 Å². The summed E-state index contributed by atoms with van der Waals surface area (Å²) >= 11 is 11.8. The number of hydrogen-bond acceptors (Lipinski definition) is 9. The molecule has 4 aromatic carbocycles. The maximum atomic E-state index is 12.8. The second-order valence-corrected chi connectivity index (χ2v) is 15.1. The van der Waals surface area contributed by atoms with E-state index in [1.54, 1.807) is 88.9 Å². The first-order valence-corrected chi connectivity index (χ1v) is 20.2.